The molecular weight excluding hydrogens is 344 g/mol. The van der Waals surface area contributed by atoms with Gasteiger partial charge in [-0.15, -0.1) is 0 Å². The Kier molecular flexibility index (Phi) is 4.72. The number of nitrogens with two attached hydrogens (primary N) is 1. The van der Waals surface area contributed by atoms with Gasteiger partial charge in [0, 0.05) is 12.1 Å². The zero-order valence-corrected chi connectivity index (χ0v) is 15.1. The molecule has 3 atom stereocenters. The number of anilines is 2. The van der Waals surface area contributed by atoms with Gasteiger partial charge in [0.05, 0.1) is 6.20 Å². The van der Waals surface area contributed by atoms with E-state index in [0.717, 1.165) is 25.5 Å². The van der Waals surface area contributed by atoms with Gasteiger partial charge in [0.1, 0.15) is 4.90 Å². The summed E-state index contributed by atoms with van der Waals surface area (Å²) in [6.07, 6.45) is 5.66. The third-order valence-electron chi connectivity index (χ3n) is 4.77. The highest BCUT2D eigenvalue weighted by Gasteiger charge is 2.40. The van der Waals surface area contributed by atoms with Gasteiger partial charge in [-0.2, -0.15) is 4.98 Å². The number of carbonyl (C=O) groups excluding carboxylic acids is 1. The molecule has 2 aliphatic rings. The molecule has 0 unspecified atom stereocenters. The Morgan fingerprint density at radius 2 is 2.08 bits per heavy atom. The molecule has 0 spiro atoms. The Hall–Kier alpha value is -2.10. The second-order valence-corrected chi connectivity index (χ2v) is 8.75. The predicted octanol–water partition coefficient (Wildman–Crippen LogP) is 1.06. The van der Waals surface area contributed by atoms with E-state index >= 15 is 0 Å². The standard InChI is InChI=1S/C15H24N6O3S/c1-8(2)18-15(22)21-25(23,24)12-7-17-14(16)20-13(12)19-11-6-9-3-4-10(11)5-9/h7-11H,3-6H2,1-2H3,(H2,18,21,22)(H3,16,17,19,20)/t9-,10+,11+/m0/s1. The van der Waals surface area contributed by atoms with Crippen LogP contribution in [0, 0.1) is 11.8 Å². The van der Waals surface area contributed by atoms with Crippen molar-refractivity contribution in [2.75, 3.05) is 11.1 Å². The summed E-state index contributed by atoms with van der Waals surface area (Å²) in [5, 5.41) is 5.70. The van der Waals surface area contributed by atoms with Crippen LogP contribution in [0.2, 0.25) is 0 Å². The highest BCUT2D eigenvalue weighted by molar-refractivity contribution is 7.90. The van der Waals surface area contributed by atoms with E-state index in [1.165, 1.54) is 6.42 Å². The second kappa shape index (κ2) is 6.66. The van der Waals surface area contributed by atoms with Gasteiger partial charge >= 0.3 is 6.03 Å². The first-order valence-electron chi connectivity index (χ1n) is 8.47. The Labute approximate surface area is 147 Å². The largest absolute Gasteiger partial charge is 0.368 e. The van der Waals surface area contributed by atoms with Crippen LogP contribution in [-0.2, 0) is 10.0 Å². The number of hydrogen-bond acceptors (Lipinski definition) is 7. The van der Waals surface area contributed by atoms with Crippen molar-refractivity contribution < 1.29 is 13.2 Å². The first kappa shape index (κ1) is 17.7. The molecule has 9 nitrogen and oxygen atoms in total. The van der Waals surface area contributed by atoms with E-state index in [1.807, 2.05) is 4.72 Å². The van der Waals surface area contributed by atoms with Crippen LogP contribution in [0.5, 0.6) is 0 Å². The van der Waals surface area contributed by atoms with E-state index < -0.39 is 16.1 Å². The lowest BCUT2D eigenvalue weighted by Gasteiger charge is -2.24. The lowest BCUT2D eigenvalue weighted by atomic mass is 9.95. The van der Waals surface area contributed by atoms with Crippen LogP contribution in [-0.4, -0.2) is 36.5 Å². The number of hydrogen-bond donors (Lipinski definition) is 4. The maximum atomic E-state index is 12.6. The third-order valence-corrected chi connectivity index (χ3v) is 6.10. The average Bonchev–Trinajstić information content (AvgIpc) is 3.07. The quantitative estimate of drug-likeness (QED) is 0.609. The van der Waals surface area contributed by atoms with E-state index in [9.17, 15) is 13.2 Å². The number of nitrogen functional groups attached to an aromatic ring is 1. The Balaban J connectivity index is 1.82. The number of aromatic nitrogens is 2. The number of nitrogens with zero attached hydrogens (tertiary/aromatic N) is 2. The van der Waals surface area contributed by atoms with Crippen molar-refractivity contribution >= 4 is 27.8 Å². The Morgan fingerprint density at radius 1 is 1.32 bits per heavy atom. The van der Waals surface area contributed by atoms with E-state index in [0.29, 0.717) is 11.8 Å². The van der Waals surface area contributed by atoms with Gasteiger partial charge in [0.25, 0.3) is 10.0 Å². The van der Waals surface area contributed by atoms with Crippen molar-refractivity contribution in [2.24, 2.45) is 11.8 Å². The van der Waals surface area contributed by atoms with Crippen LogP contribution in [0.1, 0.15) is 39.5 Å². The summed E-state index contributed by atoms with van der Waals surface area (Å²) in [6, 6.07) is -0.811. The molecule has 2 aliphatic carbocycles. The molecule has 0 saturated heterocycles. The first-order valence-corrected chi connectivity index (χ1v) is 9.95. The maximum absolute atomic E-state index is 12.6. The summed E-state index contributed by atoms with van der Waals surface area (Å²) in [5.74, 6) is 1.34. The summed E-state index contributed by atoms with van der Waals surface area (Å²) >= 11 is 0. The zero-order valence-electron chi connectivity index (χ0n) is 14.3. The fourth-order valence-corrected chi connectivity index (χ4v) is 4.71. The SMILES string of the molecule is CC(C)NC(=O)NS(=O)(=O)c1cnc(N)nc1N[C@@H]1C[C@H]2CC[C@@H]1C2. The molecule has 2 fully saturated rings. The molecule has 138 valence electrons. The Bertz CT molecular complexity index is 767. The van der Waals surface area contributed by atoms with Gasteiger partial charge < -0.3 is 16.4 Å². The molecule has 0 radical (unpaired) electrons. The second-order valence-electron chi connectivity index (χ2n) is 7.10. The number of sulfonamides is 1. The molecule has 1 aromatic heterocycles. The third kappa shape index (κ3) is 3.94. The minimum Gasteiger partial charge on any atom is -0.368 e. The van der Waals surface area contributed by atoms with E-state index in [1.54, 1.807) is 13.8 Å². The highest BCUT2D eigenvalue weighted by Crippen LogP contribution is 2.45. The summed E-state index contributed by atoms with van der Waals surface area (Å²) in [7, 11) is -4.11. The zero-order chi connectivity index (χ0) is 18.2. The number of fused-ring (bicyclic) bond motifs is 2. The topological polar surface area (TPSA) is 139 Å². The first-order chi connectivity index (χ1) is 11.7. The van der Waals surface area contributed by atoms with Gasteiger partial charge in [-0.25, -0.2) is 22.9 Å². The van der Waals surface area contributed by atoms with Crippen molar-refractivity contribution in [3.63, 3.8) is 0 Å². The number of rotatable bonds is 5. The summed E-state index contributed by atoms with van der Waals surface area (Å²) in [5.41, 5.74) is 5.63. The fourth-order valence-electron chi connectivity index (χ4n) is 3.75. The van der Waals surface area contributed by atoms with Crippen molar-refractivity contribution in [1.82, 2.24) is 20.0 Å². The molecule has 0 aliphatic heterocycles. The van der Waals surface area contributed by atoms with Crippen LogP contribution in [0.15, 0.2) is 11.1 Å². The average molecular weight is 368 g/mol. The molecule has 2 amide bonds. The van der Waals surface area contributed by atoms with Gasteiger partial charge in [-0.3, -0.25) is 0 Å². The highest BCUT2D eigenvalue weighted by atomic mass is 32.2. The van der Waals surface area contributed by atoms with Crippen LogP contribution < -0.4 is 21.1 Å². The van der Waals surface area contributed by atoms with Gasteiger partial charge in [0.2, 0.25) is 5.95 Å². The summed E-state index contributed by atoms with van der Waals surface area (Å²) < 4.78 is 27.1. The van der Waals surface area contributed by atoms with Gasteiger partial charge in [0.15, 0.2) is 5.82 Å². The smallest absolute Gasteiger partial charge is 0.328 e. The normalized spacial score (nSPS) is 25.2. The molecule has 2 bridgehead atoms. The van der Waals surface area contributed by atoms with E-state index in [-0.39, 0.29) is 28.7 Å². The number of nitrogens with one attached hydrogen (secondary N) is 3. The van der Waals surface area contributed by atoms with Crippen LogP contribution in [0.4, 0.5) is 16.6 Å². The lowest BCUT2D eigenvalue weighted by Crippen LogP contribution is -2.42. The molecule has 10 heteroatoms. The molecule has 1 heterocycles. The molecule has 2 saturated carbocycles. The van der Waals surface area contributed by atoms with Crippen molar-refractivity contribution in [2.45, 2.75) is 56.5 Å². The van der Waals surface area contributed by atoms with Crippen LogP contribution in [0.3, 0.4) is 0 Å². The minimum atomic E-state index is -4.11. The molecule has 5 N–H and O–H groups in total. The monoisotopic (exact) mass is 368 g/mol. The number of urea groups is 1. The van der Waals surface area contributed by atoms with Gasteiger partial charge in [-0.05, 0) is 44.9 Å². The van der Waals surface area contributed by atoms with Crippen molar-refractivity contribution in [3.8, 4) is 0 Å². The summed E-state index contributed by atoms with van der Waals surface area (Å²) in [4.78, 5) is 19.4. The van der Waals surface area contributed by atoms with E-state index in [4.69, 9.17) is 5.73 Å². The van der Waals surface area contributed by atoms with Crippen LogP contribution in [0.25, 0.3) is 0 Å². The van der Waals surface area contributed by atoms with Crippen LogP contribution >= 0.6 is 0 Å². The predicted molar refractivity (Wildman–Crippen MR) is 93.3 cm³/mol. The lowest BCUT2D eigenvalue weighted by molar-refractivity contribution is 0.243. The van der Waals surface area contributed by atoms with Crippen molar-refractivity contribution in [1.29, 1.82) is 0 Å². The van der Waals surface area contributed by atoms with Crippen molar-refractivity contribution in [3.05, 3.63) is 6.20 Å². The maximum Gasteiger partial charge on any atom is 0.328 e. The van der Waals surface area contributed by atoms with Gasteiger partial charge in [-0.1, -0.05) is 6.42 Å². The summed E-state index contributed by atoms with van der Waals surface area (Å²) in [6.45, 7) is 3.47. The molecule has 1 aromatic rings. The molecular formula is C15H24N6O3S. The molecule has 0 aromatic carbocycles. The number of amides is 2. The fraction of sp³-hybridized carbons (Fsp3) is 0.667. The number of carbonyl (C=O) groups is 1. The molecule has 3 rings (SSSR count). The van der Waals surface area contributed by atoms with E-state index in [2.05, 4.69) is 20.6 Å². The minimum absolute atomic E-state index is 0.0174. The molecule has 25 heavy (non-hydrogen) atoms. The Morgan fingerprint density at radius 3 is 2.68 bits per heavy atom.